The first-order chi connectivity index (χ1) is 8.50. The minimum atomic E-state index is -0.0724. The molecule has 18 heavy (non-hydrogen) atoms. The van der Waals surface area contributed by atoms with E-state index in [9.17, 15) is 5.21 Å². The number of nitrogens with zero attached hydrogens (tertiary/aromatic N) is 1. The van der Waals surface area contributed by atoms with Crippen molar-refractivity contribution in [1.29, 1.82) is 0 Å². The highest BCUT2D eigenvalue weighted by Gasteiger charge is 2.52. The molecule has 0 radical (unpaired) electrons. The molecule has 0 saturated heterocycles. The number of halogens is 2. The Kier molecular flexibility index (Phi) is 3.10. The molecule has 4 heteroatoms. The van der Waals surface area contributed by atoms with Crippen molar-refractivity contribution in [3.63, 3.8) is 0 Å². The van der Waals surface area contributed by atoms with Crippen molar-refractivity contribution in [3.8, 4) is 0 Å². The number of rotatable bonds is 0. The lowest BCUT2D eigenvalue weighted by Gasteiger charge is -2.50. The average Bonchev–Trinajstić information content (AvgIpc) is 2.43. The van der Waals surface area contributed by atoms with Gasteiger partial charge < -0.3 is 0 Å². The molecule has 2 nitrogen and oxygen atoms in total. The van der Waals surface area contributed by atoms with Crippen LogP contribution in [0.1, 0.15) is 36.9 Å². The third-order valence-electron chi connectivity index (χ3n) is 5.09. The molecule has 1 N–H and O–H groups in total. The van der Waals surface area contributed by atoms with Gasteiger partial charge in [0.2, 0.25) is 6.20 Å². The highest BCUT2D eigenvalue weighted by Crippen LogP contribution is 2.57. The van der Waals surface area contributed by atoms with Gasteiger partial charge in [-0.3, -0.25) is 5.21 Å². The molecule has 1 aromatic heterocycles. The predicted octanol–water partition coefficient (Wildman–Crippen LogP) is 3.72. The van der Waals surface area contributed by atoms with E-state index in [0.717, 1.165) is 22.5 Å². The van der Waals surface area contributed by atoms with E-state index in [1.54, 1.807) is 6.20 Å². The Hall–Kier alpha value is -0.280. The van der Waals surface area contributed by atoms with Gasteiger partial charge in [-0.2, -0.15) is 0 Å². The summed E-state index contributed by atoms with van der Waals surface area (Å²) < 4.78 is 2.12. The number of fused-ring (bicyclic) bond motifs is 2. The average molecular weight is 332 g/mol. The second-order valence-electron chi connectivity index (χ2n) is 5.81. The van der Waals surface area contributed by atoms with Gasteiger partial charge in [0, 0.05) is 10.3 Å². The number of hydrogen-bond acceptors (Lipinski definition) is 1. The van der Waals surface area contributed by atoms with Crippen molar-refractivity contribution in [2.24, 2.45) is 23.7 Å². The maximum absolute atomic E-state index is 10.1. The van der Waals surface area contributed by atoms with Crippen molar-refractivity contribution >= 4 is 27.5 Å². The fourth-order valence-electron chi connectivity index (χ4n) is 3.89. The van der Waals surface area contributed by atoms with Crippen LogP contribution >= 0.6 is 27.5 Å². The molecule has 1 saturated carbocycles. The second-order valence-corrected chi connectivity index (χ2v) is 7.20. The molecule has 3 rings (SSSR count). The summed E-state index contributed by atoms with van der Waals surface area (Å²) in [5.41, 5.74) is 2.08. The standard InChI is InChI=1S/C14H18BrClNO/c1-7-8(2)12-11(7)4-3-9-5-10(15)6-17(18)14(9)13(12)16/h5-8,11-13,18H,3-4H2,1-2H3/q+1. The molecular formula is C14H18BrClNO+. The Morgan fingerprint density at radius 2 is 2.11 bits per heavy atom. The molecule has 2 aliphatic rings. The van der Waals surface area contributed by atoms with E-state index in [0.29, 0.717) is 17.8 Å². The fourth-order valence-corrected chi connectivity index (χ4v) is 5.02. The predicted molar refractivity (Wildman–Crippen MR) is 73.7 cm³/mol. The number of aromatic nitrogens is 1. The summed E-state index contributed by atoms with van der Waals surface area (Å²) in [5.74, 6) is 2.60. The van der Waals surface area contributed by atoms with E-state index in [1.807, 2.05) is 0 Å². The fraction of sp³-hybridized carbons (Fsp3) is 0.643. The van der Waals surface area contributed by atoms with Crippen molar-refractivity contribution in [2.45, 2.75) is 32.1 Å². The first-order valence-corrected chi connectivity index (χ1v) is 7.81. The van der Waals surface area contributed by atoms with Gasteiger partial charge in [-0.1, -0.05) is 13.8 Å². The lowest BCUT2D eigenvalue weighted by Crippen LogP contribution is -2.47. The molecule has 0 spiro atoms. The summed E-state index contributed by atoms with van der Waals surface area (Å²) in [4.78, 5) is 0. The third kappa shape index (κ3) is 1.70. The van der Waals surface area contributed by atoms with Crippen LogP contribution in [0.25, 0.3) is 0 Å². The molecule has 0 aromatic carbocycles. The molecule has 5 unspecified atom stereocenters. The largest absolute Gasteiger partial charge is 0.285 e. The maximum atomic E-state index is 10.1. The Morgan fingerprint density at radius 1 is 1.39 bits per heavy atom. The quantitative estimate of drug-likeness (QED) is 0.437. The van der Waals surface area contributed by atoms with E-state index < -0.39 is 0 Å². The van der Waals surface area contributed by atoms with Crippen molar-refractivity contribution in [3.05, 3.63) is 28.0 Å². The van der Waals surface area contributed by atoms with Crippen LogP contribution < -0.4 is 4.73 Å². The van der Waals surface area contributed by atoms with Crippen LogP contribution in [0.2, 0.25) is 0 Å². The number of hydrogen-bond donors (Lipinski definition) is 1. The normalized spacial score (nSPS) is 38.3. The zero-order chi connectivity index (χ0) is 13.0. The molecule has 1 aromatic rings. The Morgan fingerprint density at radius 3 is 2.83 bits per heavy atom. The van der Waals surface area contributed by atoms with Crippen LogP contribution in [0.5, 0.6) is 0 Å². The molecule has 0 amide bonds. The SMILES string of the molecule is CC1C(C)C2C(Cl)c3c(cc(Br)c[n+]3O)CCC12. The van der Waals surface area contributed by atoms with Crippen LogP contribution in [0.3, 0.4) is 0 Å². The Balaban J connectivity index is 2.06. The summed E-state index contributed by atoms with van der Waals surface area (Å²) in [6, 6.07) is 2.09. The van der Waals surface area contributed by atoms with Gasteiger partial charge in [0.15, 0.2) is 0 Å². The summed E-state index contributed by atoms with van der Waals surface area (Å²) in [6.45, 7) is 4.61. The van der Waals surface area contributed by atoms with Gasteiger partial charge in [-0.05, 0) is 58.5 Å². The molecule has 1 fully saturated rings. The van der Waals surface area contributed by atoms with Crippen LogP contribution in [-0.4, -0.2) is 5.21 Å². The van der Waals surface area contributed by atoms with E-state index in [2.05, 4.69) is 35.8 Å². The summed E-state index contributed by atoms with van der Waals surface area (Å²) >= 11 is 10.1. The van der Waals surface area contributed by atoms with Crippen LogP contribution in [-0.2, 0) is 6.42 Å². The molecule has 2 aliphatic carbocycles. The van der Waals surface area contributed by atoms with Gasteiger partial charge in [0.05, 0.1) is 4.47 Å². The van der Waals surface area contributed by atoms with E-state index in [1.165, 1.54) is 16.7 Å². The van der Waals surface area contributed by atoms with Crippen LogP contribution in [0.15, 0.2) is 16.7 Å². The van der Waals surface area contributed by atoms with Crippen LogP contribution in [0, 0.1) is 23.7 Å². The zero-order valence-electron chi connectivity index (χ0n) is 10.6. The van der Waals surface area contributed by atoms with E-state index in [-0.39, 0.29) is 5.38 Å². The highest BCUT2D eigenvalue weighted by molar-refractivity contribution is 9.10. The third-order valence-corrected chi connectivity index (χ3v) is 6.02. The minimum absolute atomic E-state index is 0.0724. The number of pyridine rings is 1. The summed E-state index contributed by atoms with van der Waals surface area (Å²) in [6.07, 6.45) is 3.88. The van der Waals surface area contributed by atoms with Crippen molar-refractivity contribution in [2.75, 3.05) is 0 Å². The summed E-state index contributed by atoms with van der Waals surface area (Å²) in [7, 11) is 0. The summed E-state index contributed by atoms with van der Waals surface area (Å²) in [5, 5.41) is 10.0. The van der Waals surface area contributed by atoms with Gasteiger partial charge in [-0.25, -0.2) is 0 Å². The van der Waals surface area contributed by atoms with Crippen molar-refractivity contribution in [1.82, 2.24) is 0 Å². The molecular weight excluding hydrogens is 314 g/mol. The first kappa shape index (κ1) is 12.7. The van der Waals surface area contributed by atoms with Gasteiger partial charge in [0.1, 0.15) is 5.38 Å². The smallest absolute Gasteiger partial charge is 0.255 e. The molecule has 0 bridgehead atoms. The van der Waals surface area contributed by atoms with Crippen molar-refractivity contribution < 1.29 is 9.94 Å². The van der Waals surface area contributed by atoms with Gasteiger partial charge >= 0.3 is 0 Å². The Labute approximate surface area is 121 Å². The number of aryl methyl sites for hydroxylation is 1. The monoisotopic (exact) mass is 330 g/mol. The lowest BCUT2D eigenvalue weighted by molar-refractivity contribution is -0.910. The Bertz CT molecular complexity index is 493. The second kappa shape index (κ2) is 4.38. The van der Waals surface area contributed by atoms with Crippen LogP contribution in [0.4, 0.5) is 0 Å². The van der Waals surface area contributed by atoms with E-state index >= 15 is 0 Å². The number of alkyl halides is 1. The zero-order valence-corrected chi connectivity index (χ0v) is 12.9. The maximum Gasteiger partial charge on any atom is 0.255 e. The minimum Gasteiger partial charge on any atom is -0.285 e. The van der Waals surface area contributed by atoms with Gasteiger partial charge in [-0.15, -0.1) is 11.6 Å². The lowest BCUT2D eigenvalue weighted by atomic mass is 9.56. The first-order valence-electron chi connectivity index (χ1n) is 6.58. The topological polar surface area (TPSA) is 24.1 Å². The molecule has 1 heterocycles. The van der Waals surface area contributed by atoms with E-state index in [4.69, 9.17) is 11.6 Å². The molecule has 0 aliphatic heterocycles. The van der Waals surface area contributed by atoms with Gasteiger partial charge in [0.25, 0.3) is 5.69 Å². The molecule has 5 atom stereocenters. The molecule has 98 valence electrons. The highest BCUT2D eigenvalue weighted by atomic mass is 79.9.